The van der Waals surface area contributed by atoms with E-state index in [9.17, 15) is 9.90 Å². The van der Waals surface area contributed by atoms with E-state index in [1.54, 1.807) is 0 Å². The summed E-state index contributed by atoms with van der Waals surface area (Å²) >= 11 is 0. The first-order valence-electron chi connectivity index (χ1n) is 4.33. The van der Waals surface area contributed by atoms with Gasteiger partial charge in [-0.25, -0.2) is 0 Å². The number of rotatable bonds is 3. The summed E-state index contributed by atoms with van der Waals surface area (Å²) in [5.74, 6) is 0.00748. The molecule has 1 radical (unpaired) electrons. The smallest absolute Gasteiger partial charge is 0.132 e. The van der Waals surface area contributed by atoms with E-state index in [-0.39, 0.29) is 56.3 Å². The second kappa shape index (κ2) is 6.72. The van der Waals surface area contributed by atoms with Gasteiger partial charge in [-0.1, -0.05) is 29.8 Å². The summed E-state index contributed by atoms with van der Waals surface area (Å²) in [7, 11) is 0. The molecule has 1 unspecified atom stereocenters. The Kier molecular flexibility index (Phi) is 6.86. The zero-order valence-corrected chi connectivity index (χ0v) is 13.3. The van der Waals surface area contributed by atoms with Crippen molar-refractivity contribution in [1.82, 2.24) is 0 Å². The van der Waals surface area contributed by atoms with Gasteiger partial charge in [-0.3, -0.25) is 4.79 Å². The Morgan fingerprint density at radius 3 is 2.29 bits per heavy atom. The molecule has 0 saturated carbocycles. The molecule has 0 bridgehead atoms. The van der Waals surface area contributed by atoms with Crippen molar-refractivity contribution in [2.75, 3.05) is 0 Å². The van der Waals surface area contributed by atoms with Gasteiger partial charge in [-0.05, 0) is 19.4 Å². The number of benzene rings is 1. The van der Waals surface area contributed by atoms with E-state index in [1.165, 1.54) is 6.92 Å². The first-order valence-corrected chi connectivity index (χ1v) is 4.33. The van der Waals surface area contributed by atoms with Crippen LogP contribution in [0.2, 0.25) is 0 Å². The molecule has 0 aliphatic heterocycles. The molecule has 0 saturated heterocycles. The summed E-state index contributed by atoms with van der Waals surface area (Å²) in [5.41, 5.74) is 1.96. The molecule has 0 amide bonds. The van der Waals surface area contributed by atoms with Gasteiger partial charge in [0.15, 0.2) is 0 Å². The van der Waals surface area contributed by atoms with Crippen molar-refractivity contribution in [1.29, 1.82) is 0 Å². The number of hydrogen-bond donors (Lipinski definition) is 1. The molecule has 1 N–H and O–H groups in total. The third-order valence-corrected chi connectivity index (χ3v) is 1.94. The van der Waals surface area contributed by atoms with Gasteiger partial charge in [0, 0.05) is 50.5 Å². The Balaban J connectivity index is 0.00000169. The van der Waals surface area contributed by atoms with Gasteiger partial charge in [0.05, 0.1) is 6.10 Å². The van der Waals surface area contributed by atoms with Gasteiger partial charge >= 0.3 is 0 Å². The molecule has 0 aliphatic rings. The van der Waals surface area contributed by atoms with E-state index in [4.69, 9.17) is 0 Å². The van der Waals surface area contributed by atoms with E-state index < -0.39 is 6.10 Å². The third-order valence-electron chi connectivity index (χ3n) is 1.94. The van der Waals surface area contributed by atoms with Crippen LogP contribution in [0.15, 0.2) is 24.3 Å². The van der Waals surface area contributed by atoms with Crippen LogP contribution >= 0.6 is 0 Å². The van der Waals surface area contributed by atoms with Crippen LogP contribution in [0.4, 0.5) is 0 Å². The first-order chi connectivity index (χ1) is 6.09. The largest absolute Gasteiger partial charge is 0.388 e. The molecule has 0 heterocycles. The second-order valence-electron chi connectivity index (χ2n) is 3.33. The standard InChI is InChI=1S/C11H14O2.Ac/c1-8-3-5-10(6-4-8)11(13)7-9(2)12;/h3-6,11,13H,7H2,1-2H3;. The van der Waals surface area contributed by atoms with Crippen molar-refractivity contribution in [2.45, 2.75) is 26.4 Å². The first kappa shape index (κ1) is 14.3. The molecule has 2 nitrogen and oxygen atoms in total. The Labute approximate surface area is 120 Å². The summed E-state index contributed by atoms with van der Waals surface area (Å²) in [6.45, 7) is 3.47. The zero-order valence-electron chi connectivity index (χ0n) is 8.53. The zero-order chi connectivity index (χ0) is 9.84. The summed E-state index contributed by atoms with van der Waals surface area (Å²) in [6, 6.07) is 7.56. The van der Waals surface area contributed by atoms with Crippen molar-refractivity contribution in [3.63, 3.8) is 0 Å². The molecule has 0 fully saturated rings. The molecule has 1 atom stereocenters. The fourth-order valence-corrected chi connectivity index (χ4v) is 1.18. The van der Waals surface area contributed by atoms with Gasteiger partial charge in [0.25, 0.3) is 0 Å². The molecule has 0 aromatic heterocycles. The van der Waals surface area contributed by atoms with E-state index in [0.29, 0.717) is 0 Å². The second-order valence-corrected chi connectivity index (χ2v) is 3.33. The van der Waals surface area contributed by atoms with Gasteiger partial charge in [0.1, 0.15) is 5.78 Å². The van der Waals surface area contributed by atoms with Crippen LogP contribution in [0.3, 0.4) is 0 Å². The molecule has 0 spiro atoms. The van der Waals surface area contributed by atoms with Gasteiger partial charge in [-0.2, -0.15) is 0 Å². The maximum Gasteiger partial charge on any atom is 0.132 e. The van der Waals surface area contributed by atoms with Crippen LogP contribution in [0.25, 0.3) is 0 Å². The van der Waals surface area contributed by atoms with E-state index in [1.807, 2.05) is 31.2 Å². The number of aryl methyl sites for hydroxylation is 1. The minimum atomic E-state index is -0.655. The summed E-state index contributed by atoms with van der Waals surface area (Å²) < 4.78 is 0. The van der Waals surface area contributed by atoms with Crippen molar-refractivity contribution in [2.24, 2.45) is 0 Å². The van der Waals surface area contributed by atoms with Crippen molar-refractivity contribution in [3.05, 3.63) is 35.4 Å². The molecule has 0 aliphatic carbocycles. The normalized spacial score (nSPS) is 11.6. The third kappa shape index (κ3) is 4.68. The van der Waals surface area contributed by atoms with E-state index in [2.05, 4.69) is 0 Å². The fraction of sp³-hybridized carbons (Fsp3) is 0.364. The van der Waals surface area contributed by atoms with Crippen LogP contribution in [-0.2, 0) is 4.79 Å². The minimum absolute atomic E-state index is 0. The van der Waals surface area contributed by atoms with Crippen LogP contribution in [0.5, 0.6) is 0 Å². The molecular weight excluding hydrogens is 391 g/mol. The van der Waals surface area contributed by atoms with Crippen LogP contribution < -0.4 is 0 Å². The van der Waals surface area contributed by atoms with Gasteiger partial charge in [-0.15, -0.1) is 0 Å². The summed E-state index contributed by atoms with van der Waals surface area (Å²) in [6.07, 6.45) is -0.457. The number of carbonyl (C=O) groups excluding carboxylic acids is 1. The Hall–Kier alpha value is 0.292. The SMILES string of the molecule is CC(=O)CC(O)c1ccc(C)cc1.[Ac]. The van der Waals surface area contributed by atoms with E-state index in [0.717, 1.165) is 11.1 Å². The fourth-order valence-electron chi connectivity index (χ4n) is 1.18. The minimum Gasteiger partial charge on any atom is -0.388 e. The van der Waals surface area contributed by atoms with E-state index >= 15 is 0 Å². The molecule has 14 heavy (non-hydrogen) atoms. The molecule has 73 valence electrons. The number of aliphatic hydroxyl groups is 1. The molecular formula is C11H14AcO2. The molecule has 3 heteroatoms. The van der Waals surface area contributed by atoms with Gasteiger partial charge < -0.3 is 5.11 Å². The predicted molar refractivity (Wildman–Crippen MR) is 51.4 cm³/mol. The number of carbonyl (C=O) groups is 1. The number of ketones is 1. The molecule has 1 rings (SSSR count). The predicted octanol–water partition coefficient (Wildman–Crippen LogP) is 2.01. The Morgan fingerprint density at radius 2 is 1.86 bits per heavy atom. The quantitative estimate of drug-likeness (QED) is 0.836. The molecule has 1 aromatic rings. The van der Waals surface area contributed by atoms with Crippen molar-refractivity contribution in [3.8, 4) is 0 Å². The molecule has 1 aromatic carbocycles. The van der Waals surface area contributed by atoms with Crippen LogP contribution in [0.1, 0.15) is 30.6 Å². The Morgan fingerprint density at radius 1 is 1.36 bits per heavy atom. The summed E-state index contributed by atoms with van der Waals surface area (Å²) in [5, 5.41) is 9.56. The summed E-state index contributed by atoms with van der Waals surface area (Å²) in [4.78, 5) is 10.7. The number of aliphatic hydroxyl groups excluding tert-OH is 1. The Bertz CT molecular complexity index is 293. The maximum atomic E-state index is 10.7. The van der Waals surface area contributed by atoms with Gasteiger partial charge in [0.2, 0.25) is 0 Å². The topological polar surface area (TPSA) is 37.3 Å². The maximum absolute atomic E-state index is 10.7. The van der Waals surface area contributed by atoms with Crippen LogP contribution in [-0.4, -0.2) is 10.9 Å². The number of Topliss-reactive ketones (excluding diaryl/α,β-unsaturated/α-hetero) is 1. The average Bonchev–Trinajstić information content (AvgIpc) is 2.04. The van der Waals surface area contributed by atoms with Crippen molar-refractivity contribution >= 4 is 5.78 Å². The number of hydrogen-bond acceptors (Lipinski definition) is 2. The monoisotopic (exact) mass is 405 g/mol. The average molecular weight is 405 g/mol. The van der Waals surface area contributed by atoms with Crippen molar-refractivity contribution < 1.29 is 54.0 Å². The van der Waals surface area contributed by atoms with Crippen LogP contribution in [0, 0.1) is 51.0 Å².